The molecule has 10 nitrogen and oxygen atoms in total. The van der Waals surface area contributed by atoms with Gasteiger partial charge in [-0.25, -0.2) is 0 Å². The minimum absolute atomic E-state index is 0.0492. The van der Waals surface area contributed by atoms with Crippen molar-refractivity contribution >= 4 is 11.4 Å². The number of hydrogen-bond donors (Lipinski definition) is 1. The van der Waals surface area contributed by atoms with E-state index in [1.165, 1.54) is 14.0 Å². The molecule has 0 aliphatic rings. The van der Waals surface area contributed by atoms with E-state index in [1.54, 1.807) is 6.07 Å². The molecule has 138 valence electrons. The maximum Gasteiger partial charge on any atom is 0.350 e. The van der Waals surface area contributed by atoms with Crippen LogP contribution in [0.4, 0.5) is 11.4 Å². The fourth-order valence-corrected chi connectivity index (χ4v) is 1.86. The van der Waals surface area contributed by atoms with Crippen molar-refractivity contribution < 1.29 is 24.4 Å². The number of nitro groups is 2. The molecule has 25 heavy (non-hydrogen) atoms. The van der Waals surface area contributed by atoms with Crippen LogP contribution in [0.25, 0.3) is 0 Å². The van der Waals surface area contributed by atoms with Crippen LogP contribution in [0, 0.1) is 31.6 Å². The molecule has 1 aromatic carbocycles. The number of aliphatic hydroxyl groups is 1. The third-order valence-electron chi connectivity index (χ3n) is 2.97. The van der Waals surface area contributed by atoms with Crippen molar-refractivity contribution in [1.82, 2.24) is 0 Å². The van der Waals surface area contributed by atoms with E-state index in [0.717, 1.165) is 31.4 Å². The van der Waals surface area contributed by atoms with Crippen LogP contribution in [0.2, 0.25) is 0 Å². The molecule has 0 aromatic heterocycles. The van der Waals surface area contributed by atoms with Gasteiger partial charge in [-0.15, -0.1) is 0 Å². The van der Waals surface area contributed by atoms with Crippen LogP contribution < -0.4 is 9.47 Å². The Labute approximate surface area is 144 Å². The third kappa shape index (κ3) is 7.45. The lowest BCUT2D eigenvalue weighted by Gasteiger charge is -2.15. The number of aliphatic hydroxyl groups excluding tert-OH is 1. The second kappa shape index (κ2) is 11.6. The molecule has 0 saturated carbocycles. The van der Waals surface area contributed by atoms with Gasteiger partial charge in [0, 0.05) is 13.3 Å². The van der Waals surface area contributed by atoms with Gasteiger partial charge in [-0.3, -0.25) is 20.2 Å². The Balaban J connectivity index is 0.00000178. The van der Waals surface area contributed by atoms with Crippen molar-refractivity contribution in [3.05, 3.63) is 32.4 Å². The molecule has 0 amide bonds. The van der Waals surface area contributed by atoms with E-state index < -0.39 is 27.5 Å². The van der Waals surface area contributed by atoms with Crippen LogP contribution in [-0.4, -0.2) is 28.4 Å². The topological polar surface area (TPSA) is 149 Å². The summed E-state index contributed by atoms with van der Waals surface area (Å²) in [5.41, 5.74) is -1.42. The molecule has 10 heteroatoms. The maximum atomic E-state index is 10.9. The number of nitro benzene ring substituents is 2. The zero-order chi connectivity index (χ0) is 19.4. The second-order valence-electron chi connectivity index (χ2n) is 4.80. The van der Waals surface area contributed by atoms with Gasteiger partial charge in [-0.1, -0.05) is 19.8 Å². The smallest absolute Gasteiger partial charge is 0.350 e. The van der Waals surface area contributed by atoms with Gasteiger partial charge in [0.25, 0.3) is 0 Å². The van der Waals surface area contributed by atoms with E-state index in [0.29, 0.717) is 6.42 Å². The normalized spacial score (nSPS) is 10.7. The first-order valence-corrected chi connectivity index (χ1v) is 7.48. The van der Waals surface area contributed by atoms with Crippen LogP contribution in [0.3, 0.4) is 0 Å². The van der Waals surface area contributed by atoms with E-state index >= 15 is 0 Å². The minimum atomic E-state index is -1.17. The minimum Gasteiger partial charge on any atom is -0.493 e. The SMILES string of the molecule is CC#N.CCCCCC(O)Oc1cc([N+](=O)[O-])c([N+](=O)[O-])cc1OC. The highest BCUT2D eigenvalue weighted by atomic mass is 16.6. The summed E-state index contributed by atoms with van der Waals surface area (Å²) in [5.74, 6) is -0.157. The molecule has 1 aromatic rings. The molecule has 0 fully saturated rings. The van der Waals surface area contributed by atoms with Crippen molar-refractivity contribution in [2.75, 3.05) is 7.11 Å². The zero-order valence-corrected chi connectivity index (χ0v) is 14.3. The molecule has 0 aliphatic heterocycles. The summed E-state index contributed by atoms with van der Waals surface area (Å²) >= 11 is 0. The summed E-state index contributed by atoms with van der Waals surface area (Å²) in [5, 5.41) is 38.9. The van der Waals surface area contributed by atoms with E-state index in [4.69, 9.17) is 14.7 Å². The number of ether oxygens (including phenoxy) is 2. The van der Waals surface area contributed by atoms with E-state index in [9.17, 15) is 25.3 Å². The van der Waals surface area contributed by atoms with Gasteiger partial charge in [0.05, 0.1) is 35.2 Å². The number of hydrogen-bond acceptors (Lipinski definition) is 8. The lowest BCUT2D eigenvalue weighted by atomic mass is 10.2. The van der Waals surface area contributed by atoms with Gasteiger partial charge in [-0.2, -0.15) is 5.26 Å². The monoisotopic (exact) mass is 355 g/mol. The summed E-state index contributed by atoms with van der Waals surface area (Å²) in [7, 11) is 1.25. The molecule has 0 saturated heterocycles. The number of unbranched alkanes of at least 4 members (excludes halogenated alkanes) is 2. The molecule has 0 radical (unpaired) electrons. The molecule has 0 bridgehead atoms. The molecule has 0 spiro atoms. The Bertz CT molecular complexity index is 628. The summed E-state index contributed by atoms with van der Waals surface area (Å²) in [6.45, 7) is 3.44. The van der Waals surface area contributed by atoms with Gasteiger partial charge < -0.3 is 14.6 Å². The summed E-state index contributed by atoms with van der Waals surface area (Å²) < 4.78 is 10.1. The maximum absolute atomic E-state index is 10.9. The first-order valence-electron chi connectivity index (χ1n) is 7.48. The Morgan fingerprint density at radius 2 is 1.68 bits per heavy atom. The number of nitriles is 1. The Kier molecular flexibility index (Phi) is 10.2. The van der Waals surface area contributed by atoms with Crippen molar-refractivity contribution in [2.24, 2.45) is 0 Å². The molecule has 1 N–H and O–H groups in total. The van der Waals surface area contributed by atoms with Crippen LogP contribution in [0.1, 0.15) is 39.5 Å². The van der Waals surface area contributed by atoms with Crippen LogP contribution >= 0.6 is 0 Å². The first kappa shape index (κ1) is 22.1. The van der Waals surface area contributed by atoms with E-state index in [2.05, 4.69) is 0 Å². The van der Waals surface area contributed by atoms with Gasteiger partial charge in [-0.05, 0) is 6.42 Å². The van der Waals surface area contributed by atoms with E-state index in [-0.39, 0.29) is 11.5 Å². The standard InChI is InChI=1S/C13H18N2O7.C2H3N/c1-3-4-5-6-13(16)22-12-8-10(15(19)20)9(14(17)18)7-11(12)21-2;1-2-3/h7-8,13,16H,3-6H2,1-2H3;1H3. The predicted octanol–water partition coefficient (Wildman–Crippen LogP) is 3.32. The number of rotatable bonds is 9. The molecular weight excluding hydrogens is 334 g/mol. The largest absolute Gasteiger partial charge is 0.493 e. The van der Waals surface area contributed by atoms with Crippen molar-refractivity contribution in [3.63, 3.8) is 0 Å². The van der Waals surface area contributed by atoms with Gasteiger partial charge in [0.2, 0.25) is 0 Å². The molecule has 1 unspecified atom stereocenters. The van der Waals surface area contributed by atoms with Crippen LogP contribution in [-0.2, 0) is 0 Å². The summed E-state index contributed by atoms with van der Waals surface area (Å²) in [4.78, 5) is 20.0. The molecule has 1 rings (SSSR count). The highest BCUT2D eigenvalue weighted by Crippen LogP contribution is 2.39. The fraction of sp³-hybridized carbons (Fsp3) is 0.533. The highest BCUT2D eigenvalue weighted by Gasteiger charge is 2.28. The highest BCUT2D eigenvalue weighted by molar-refractivity contribution is 5.62. The van der Waals surface area contributed by atoms with Crippen molar-refractivity contribution in [1.29, 1.82) is 5.26 Å². The van der Waals surface area contributed by atoms with Gasteiger partial charge >= 0.3 is 11.4 Å². The third-order valence-corrected chi connectivity index (χ3v) is 2.97. The summed E-state index contributed by atoms with van der Waals surface area (Å²) in [6.07, 6.45) is 1.80. The number of methoxy groups -OCH3 is 1. The molecule has 1 atom stereocenters. The molecule has 0 aliphatic carbocycles. The van der Waals surface area contributed by atoms with Gasteiger partial charge in [0.15, 0.2) is 17.8 Å². The summed E-state index contributed by atoms with van der Waals surface area (Å²) in [6, 6.07) is 3.55. The Hall–Kier alpha value is -2.93. The fourth-order valence-electron chi connectivity index (χ4n) is 1.86. The first-order chi connectivity index (χ1) is 11.8. The van der Waals surface area contributed by atoms with Crippen LogP contribution in [0.15, 0.2) is 12.1 Å². The van der Waals surface area contributed by atoms with Crippen molar-refractivity contribution in [2.45, 2.75) is 45.8 Å². The van der Waals surface area contributed by atoms with Crippen molar-refractivity contribution in [3.8, 4) is 17.6 Å². The van der Waals surface area contributed by atoms with Crippen LogP contribution in [0.5, 0.6) is 11.5 Å². The zero-order valence-electron chi connectivity index (χ0n) is 14.3. The van der Waals surface area contributed by atoms with E-state index in [1.807, 2.05) is 6.92 Å². The predicted molar refractivity (Wildman–Crippen MR) is 88.4 cm³/mol. The van der Waals surface area contributed by atoms with Gasteiger partial charge in [0.1, 0.15) is 0 Å². The number of benzene rings is 1. The lowest BCUT2D eigenvalue weighted by molar-refractivity contribution is -0.422. The molecule has 0 heterocycles. The number of nitrogens with zero attached hydrogens (tertiary/aromatic N) is 3. The lowest BCUT2D eigenvalue weighted by Crippen LogP contribution is -2.16. The Morgan fingerprint density at radius 3 is 2.08 bits per heavy atom. The second-order valence-corrected chi connectivity index (χ2v) is 4.80. The average Bonchev–Trinajstić information content (AvgIpc) is 2.55. The average molecular weight is 355 g/mol. The Morgan fingerprint density at radius 1 is 1.20 bits per heavy atom. The quantitative estimate of drug-likeness (QED) is 0.307. The molecular formula is C15H21N3O7.